The van der Waals surface area contributed by atoms with Gasteiger partial charge in [-0.25, -0.2) is 0 Å². The number of nitrogens with two attached hydrogens (primary N) is 1. The molecule has 2 heterocycles. The van der Waals surface area contributed by atoms with Gasteiger partial charge in [0.25, 0.3) is 0 Å². The molecule has 1 aromatic heterocycles. The molecule has 4 nitrogen and oxygen atoms in total. The average Bonchev–Trinajstić information content (AvgIpc) is 3.42. The van der Waals surface area contributed by atoms with E-state index in [0.717, 1.165) is 57.5 Å². The molecule has 1 aliphatic rings. The van der Waals surface area contributed by atoms with Crippen LogP contribution in [0.2, 0.25) is 0 Å². The molecule has 182 valence electrons. The van der Waals surface area contributed by atoms with Crippen molar-refractivity contribution >= 4 is 11.3 Å². The van der Waals surface area contributed by atoms with Crippen LogP contribution >= 0.6 is 11.3 Å². The first kappa shape index (κ1) is 24.9. The summed E-state index contributed by atoms with van der Waals surface area (Å²) in [6.07, 6.45) is 5.27. The van der Waals surface area contributed by atoms with E-state index >= 15 is 0 Å². The quantitative estimate of drug-likeness (QED) is 0.369. The lowest BCUT2D eigenvalue weighted by Gasteiger charge is -2.45. The summed E-state index contributed by atoms with van der Waals surface area (Å²) in [6.45, 7) is 5.35. The first-order valence-corrected chi connectivity index (χ1v) is 13.5. The SMILES string of the molecule is CCC1CC(N)(c2ccccc2)CCN1CCc1ccc(OC(CCNC)c2cccs2)cc1. The molecule has 0 saturated carbocycles. The number of piperidine rings is 1. The lowest BCUT2D eigenvalue weighted by molar-refractivity contribution is 0.0923. The summed E-state index contributed by atoms with van der Waals surface area (Å²) >= 11 is 1.76. The van der Waals surface area contributed by atoms with E-state index in [1.165, 1.54) is 16.0 Å². The highest BCUT2D eigenvalue weighted by molar-refractivity contribution is 7.10. The number of hydrogen-bond donors (Lipinski definition) is 2. The predicted octanol–water partition coefficient (Wildman–Crippen LogP) is 5.75. The molecule has 1 fully saturated rings. The molecule has 3 unspecified atom stereocenters. The van der Waals surface area contributed by atoms with Gasteiger partial charge in [-0.05, 0) is 74.0 Å². The largest absolute Gasteiger partial charge is 0.485 e. The maximum absolute atomic E-state index is 6.89. The maximum Gasteiger partial charge on any atom is 0.134 e. The summed E-state index contributed by atoms with van der Waals surface area (Å²) in [7, 11) is 1.99. The van der Waals surface area contributed by atoms with Crippen LogP contribution in [0.3, 0.4) is 0 Å². The zero-order valence-corrected chi connectivity index (χ0v) is 21.4. The van der Waals surface area contributed by atoms with Crippen molar-refractivity contribution in [3.63, 3.8) is 0 Å². The van der Waals surface area contributed by atoms with E-state index < -0.39 is 0 Å². The first-order valence-electron chi connectivity index (χ1n) is 12.6. The van der Waals surface area contributed by atoms with Gasteiger partial charge in [0.15, 0.2) is 0 Å². The van der Waals surface area contributed by atoms with Crippen molar-refractivity contribution in [2.75, 3.05) is 26.7 Å². The second kappa shape index (κ2) is 12.0. The fraction of sp³-hybridized carbons (Fsp3) is 0.448. The Bertz CT molecular complexity index is 976. The van der Waals surface area contributed by atoms with Crippen LogP contribution in [0.15, 0.2) is 72.1 Å². The summed E-state index contributed by atoms with van der Waals surface area (Å²) in [4.78, 5) is 3.92. The first-order chi connectivity index (χ1) is 16.6. The Balaban J connectivity index is 1.32. The van der Waals surface area contributed by atoms with Gasteiger partial charge in [0, 0.05) is 36.0 Å². The zero-order valence-electron chi connectivity index (χ0n) is 20.6. The van der Waals surface area contributed by atoms with E-state index in [-0.39, 0.29) is 11.6 Å². The minimum absolute atomic E-state index is 0.0955. The van der Waals surface area contributed by atoms with Gasteiger partial charge in [-0.1, -0.05) is 55.5 Å². The third-order valence-electron chi connectivity index (χ3n) is 7.19. The van der Waals surface area contributed by atoms with E-state index in [9.17, 15) is 0 Å². The topological polar surface area (TPSA) is 50.5 Å². The molecule has 1 aliphatic heterocycles. The highest BCUT2D eigenvalue weighted by Gasteiger charge is 2.37. The van der Waals surface area contributed by atoms with Crippen LogP contribution < -0.4 is 15.8 Å². The van der Waals surface area contributed by atoms with E-state index in [1.54, 1.807) is 11.3 Å². The molecule has 4 rings (SSSR count). The van der Waals surface area contributed by atoms with Gasteiger partial charge < -0.3 is 15.8 Å². The molecule has 3 aromatic rings. The smallest absolute Gasteiger partial charge is 0.134 e. The molecule has 34 heavy (non-hydrogen) atoms. The van der Waals surface area contributed by atoms with Crippen molar-refractivity contribution in [1.82, 2.24) is 10.2 Å². The Morgan fingerprint density at radius 2 is 1.91 bits per heavy atom. The van der Waals surface area contributed by atoms with Crippen LogP contribution in [0.1, 0.15) is 54.7 Å². The number of ether oxygens (including phenoxy) is 1. The molecule has 5 heteroatoms. The summed E-state index contributed by atoms with van der Waals surface area (Å²) in [6, 6.07) is 24.1. The molecular formula is C29H39N3OS. The maximum atomic E-state index is 6.89. The summed E-state index contributed by atoms with van der Waals surface area (Å²) in [5.74, 6) is 0.943. The molecule has 0 aliphatic carbocycles. The van der Waals surface area contributed by atoms with Crippen LogP contribution in [0, 0.1) is 0 Å². The zero-order chi connectivity index (χ0) is 23.8. The van der Waals surface area contributed by atoms with Crippen LogP contribution in [-0.2, 0) is 12.0 Å². The Labute approximate surface area is 209 Å². The van der Waals surface area contributed by atoms with E-state index in [0.29, 0.717) is 6.04 Å². The van der Waals surface area contributed by atoms with Crippen molar-refractivity contribution < 1.29 is 4.74 Å². The minimum Gasteiger partial charge on any atom is -0.485 e. The molecule has 0 bridgehead atoms. The fourth-order valence-electron chi connectivity index (χ4n) is 5.09. The number of nitrogens with one attached hydrogen (secondary N) is 1. The molecule has 3 atom stereocenters. The van der Waals surface area contributed by atoms with Crippen molar-refractivity contribution in [3.8, 4) is 5.75 Å². The van der Waals surface area contributed by atoms with Gasteiger partial charge in [-0.2, -0.15) is 0 Å². The van der Waals surface area contributed by atoms with Gasteiger partial charge in [-0.15, -0.1) is 11.3 Å². The normalized spacial score (nSPS) is 21.9. The number of benzene rings is 2. The summed E-state index contributed by atoms with van der Waals surface area (Å²) in [5.41, 5.74) is 9.33. The van der Waals surface area contributed by atoms with E-state index in [4.69, 9.17) is 10.5 Å². The number of likely N-dealkylation sites (tertiary alicyclic amines) is 1. The highest BCUT2D eigenvalue weighted by Crippen LogP contribution is 2.35. The number of hydrogen-bond acceptors (Lipinski definition) is 5. The lowest BCUT2D eigenvalue weighted by Crippen LogP contribution is -2.53. The molecule has 0 amide bonds. The molecule has 1 saturated heterocycles. The van der Waals surface area contributed by atoms with Crippen LogP contribution in [0.25, 0.3) is 0 Å². The van der Waals surface area contributed by atoms with Gasteiger partial charge in [0.05, 0.1) is 0 Å². The number of nitrogens with zero attached hydrogens (tertiary/aromatic N) is 1. The molecule has 2 aromatic carbocycles. The Kier molecular flexibility index (Phi) is 8.79. The fourth-order valence-corrected chi connectivity index (χ4v) is 5.88. The Morgan fingerprint density at radius 1 is 1.12 bits per heavy atom. The molecular weight excluding hydrogens is 438 g/mol. The predicted molar refractivity (Wildman–Crippen MR) is 144 cm³/mol. The van der Waals surface area contributed by atoms with Gasteiger partial charge in [0.1, 0.15) is 11.9 Å². The van der Waals surface area contributed by atoms with Crippen LogP contribution in [-0.4, -0.2) is 37.6 Å². The molecule has 3 N–H and O–H groups in total. The third-order valence-corrected chi connectivity index (χ3v) is 8.15. The third kappa shape index (κ3) is 6.28. The molecule has 0 spiro atoms. The van der Waals surface area contributed by atoms with Crippen molar-refractivity contribution in [3.05, 3.63) is 88.1 Å². The van der Waals surface area contributed by atoms with Crippen molar-refractivity contribution in [2.24, 2.45) is 5.73 Å². The highest BCUT2D eigenvalue weighted by atomic mass is 32.1. The van der Waals surface area contributed by atoms with Gasteiger partial charge >= 0.3 is 0 Å². The number of thiophene rings is 1. The minimum atomic E-state index is -0.205. The Hall–Kier alpha value is -2.18. The monoisotopic (exact) mass is 477 g/mol. The lowest BCUT2D eigenvalue weighted by atomic mass is 9.78. The average molecular weight is 478 g/mol. The van der Waals surface area contributed by atoms with Crippen molar-refractivity contribution in [2.45, 2.75) is 56.7 Å². The standard InChI is InChI=1S/C29H39N3OS/c1-3-25-22-29(30,24-8-5-4-6-9-24)17-20-32(25)19-16-23-11-13-26(14-12-23)33-27(15-18-31-2)28-10-7-21-34-28/h4-14,21,25,27,31H,3,15-20,22,30H2,1-2H3. The second-order valence-electron chi connectivity index (χ2n) is 9.48. The van der Waals surface area contributed by atoms with Gasteiger partial charge in [-0.3, -0.25) is 4.90 Å². The van der Waals surface area contributed by atoms with Crippen molar-refractivity contribution in [1.29, 1.82) is 0 Å². The van der Waals surface area contributed by atoms with Crippen LogP contribution in [0.4, 0.5) is 0 Å². The second-order valence-corrected chi connectivity index (χ2v) is 10.5. The molecule has 0 radical (unpaired) electrons. The summed E-state index contributed by atoms with van der Waals surface area (Å²) < 4.78 is 6.36. The summed E-state index contributed by atoms with van der Waals surface area (Å²) in [5, 5.41) is 5.36. The van der Waals surface area contributed by atoms with E-state index in [2.05, 4.69) is 89.3 Å². The Morgan fingerprint density at radius 3 is 2.59 bits per heavy atom. The van der Waals surface area contributed by atoms with Gasteiger partial charge in [0.2, 0.25) is 0 Å². The number of rotatable bonds is 11. The van der Waals surface area contributed by atoms with E-state index in [1.807, 2.05) is 7.05 Å². The van der Waals surface area contributed by atoms with Crippen LogP contribution in [0.5, 0.6) is 5.75 Å².